The zero-order chi connectivity index (χ0) is 39.7. The third-order valence-electron chi connectivity index (χ3n) is 13.3. The van der Waals surface area contributed by atoms with Crippen LogP contribution in [0.2, 0.25) is 0 Å². The molecule has 0 saturated carbocycles. The number of nitrogens with zero attached hydrogens (tertiary/aromatic N) is 3. The lowest BCUT2D eigenvalue weighted by Crippen LogP contribution is -2.55. The average Bonchev–Trinajstić information content (AvgIpc) is 3.22. The minimum atomic E-state index is 0.665. The first-order chi connectivity index (χ1) is 26.8. The first-order valence-corrected chi connectivity index (χ1v) is 19.8. The number of aromatic nitrogens is 3. The fourth-order valence-electron chi connectivity index (χ4n) is 9.20. The number of benzene rings is 7. The summed E-state index contributed by atoms with van der Waals surface area (Å²) in [7, 11) is 27.0. The molecule has 0 N–H and O–H groups in total. The summed E-state index contributed by atoms with van der Waals surface area (Å²) in [6, 6.07) is 32.5. The summed E-state index contributed by atoms with van der Waals surface area (Å²) in [6.45, 7) is 0. The first-order valence-electron chi connectivity index (χ1n) is 19.8. The van der Waals surface area contributed by atoms with Gasteiger partial charge in [0.05, 0.1) is 0 Å². The molecule has 56 heavy (non-hydrogen) atoms. The molecule has 8 aromatic rings. The fourth-order valence-corrected chi connectivity index (χ4v) is 9.20. The van der Waals surface area contributed by atoms with Crippen molar-refractivity contribution in [3.05, 3.63) is 91.0 Å². The van der Waals surface area contributed by atoms with E-state index in [1.807, 2.05) is 18.2 Å². The van der Waals surface area contributed by atoms with Gasteiger partial charge < -0.3 is 0 Å². The van der Waals surface area contributed by atoms with Crippen LogP contribution in [0.4, 0.5) is 0 Å². The van der Waals surface area contributed by atoms with Gasteiger partial charge in [0, 0.05) is 16.7 Å². The maximum absolute atomic E-state index is 5.33. The van der Waals surface area contributed by atoms with Crippen LogP contribution >= 0.6 is 0 Å². The number of fused-ring (bicyclic) bond motifs is 2. The summed E-state index contributed by atoms with van der Waals surface area (Å²) >= 11 is 0. The van der Waals surface area contributed by atoms with Crippen LogP contribution in [0.15, 0.2) is 91.0 Å². The Bertz CT molecular complexity index is 2930. The van der Waals surface area contributed by atoms with Crippen LogP contribution in [0.3, 0.4) is 0 Å². The molecular formula is C41H39B12N3. The Kier molecular flexibility index (Phi) is 9.72. The highest BCUT2D eigenvalue weighted by Gasteiger charge is 2.22. The molecule has 0 atom stereocenters. The molecule has 0 radical (unpaired) electrons. The van der Waals surface area contributed by atoms with Gasteiger partial charge in [-0.3, -0.25) is 0 Å². The summed E-state index contributed by atoms with van der Waals surface area (Å²) in [4.78, 5) is 15.7. The lowest BCUT2D eigenvalue weighted by Gasteiger charge is -2.24. The van der Waals surface area contributed by atoms with Gasteiger partial charge in [-0.2, -0.15) is 0 Å². The lowest BCUT2D eigenvalue weighted by atomic mass is 9.59. The van der Waals surface area contributed by atoms with Crippen molar-refractivity contribution in [1.82, 2.24) is 15.0 Å². The third-order valence-corrected chi connectivity index (χ3v) is 13.3. The predicted molar refractivity (Wildman–Crippen MR) is 280 cm³/mol. The summed E-state index contributed by atoms with van der Waals surface area (Å²) in [5, 5.41) is 5.15. The molecule has 0 spiro atoms. The van der Waals surface area contributed by atoms with Crippen LogP contribution in [0.25, 0.3) is 78.0 Å². The molecule has 1 aromatic heterocycles. The second kappa shape index (κ2) is 14.4. The molecule has 3 nitrogen and oxygen atoms in total. The quantitative estimate of drug-likeness (QED) is 0.168. The number of hydrogen-bond donors (Lipinski definition) is 0. The zero-order valence-corrected chi connectivity index (χ0v) is 35.0. The Balaban J connectivity index is 1.34. The van der Waals surface area contributed by atoms with Crippen molar-refractivity contribution in [3.63, 3.8) is 0 Å². The van der Waals surface area contributed by atoms with Gasteiger partial charge in [-0.05, 0) is 49.9 Å². The van der Waals surface area contributed by atoms with Gasteiger partial charge in [-0.1, -0.05) is 123 Å². The summed E-state index contributed by atoms with van der Waals surface area (Å²) in [5.41, 5.74) is 23.9. The molecule has 15 heteroatoms. The Labute approximate surface area is 342 Å². The normalized spacial score (nSPS) is 11.4. The van der Waals surface area contributed by atoms with Crippen molar-refractivity contribution in [2.75, 3.05) is 0 Å². The van der Waals surface area contributed by atoms with Crippen LogP contribution in [0.5, 0.6) is 0 Å². The molecule has 7 aromatic carbocycles. The fraction of sp³-hybridized carbons (Fsp3) is 0. The standard InChI is InChI=1S/C41H39B12N3/c42-27-24-25(32(47)37(52)36(51)31(24)46)30(45)33(48)26(27)41-55-39(16-7-2-1-3-8-16)54-40(56-41)18-10-6-9-17(15-18)19-13-14-22(21-12-5-4-11-20(19)21)23-28(43)34(49)38(53)35(50)29(23)44/h1-15H,42-53H2. The molecule has 0 aliphatic heterocycles. The molecule has 1 heterocycles. The largest absolute Gasteiger partial charge is 0.208 e. The molecule has 0 aliphatic rings. The molecule has 0 aliphatic carbocycles. The van der Waals surface area contributed by atoms with Gasteiger partial charge in [-0.15, -0.1) is 27.3 Å². The maximum Gasteiger partial charge on any atom is 0.164 e. The van der Waals surface area contributed by atoms with Crippen LogP contribution in [0.1, 0.15) is 0 Å². The molecule has 8 rings (SSSR count). The van der Waals surface area contributed by atoms with Crippen LogP contribution in [-0.4, -0.2) is 109 Å². The van der Waals surface area contributed by atoms with Crippen molar-refractivity contribution in [1.29, 1.82) is 0 Å². The minimum Gasteiger partial charge on any atom is -0.208 e. The van der Waals surface area contributed by atoms with Crippen molar-refractivity contribution in [3.8, 4) is 56.4 Å². The average molecular weight is 704 g/mol. The molecule has 254 valence electrons. The smallest absolute Gasteiger partial charge is 0.164 e. The Hall–Kier alpha value is -5.15. The Morgan fingerprint density at radius 2 is 0.696 bits per heavy atom. The highest BCUT2D eigenvalue weighted by molar-refractivity contribution is 6.72. The van der Waals surface area contributed by atoms with Crippen LogP contribution in [0, 0.1) is 0 Å². The molecule has 0 amide bonds. The van der Waals surface area contributed by atoms with Gasteiger partial charge in [0.25, 0.3) is 0 Å². The maximum atomic E-state index is 5.33. The van der Waals surface area contributed by atoms with Crippen molar-refractivity contribution < 1.29 is 0 Å². The van der Waals surface area contributed by atoms with E-state index >= 15 is 0 Å². The van der Waals surface area contributed by atoms with Gasteiger partial charge >= 0.3 is 0 Å². The second-order valence-electron chi connectivity index (χ2n) is 16.0. The summed E-state index contributed by atoms with van der Waals surface area (Å²) < 4.78 is 0. The van der Waals surface area contributed by atoms with E-state index in [0.29, 0.717) is 17.5 Å². The Morgan fingerprint density at radius 3 is 1.32 bits per heavy atom. The van der Waals surface area contributed by atoms with Gasteiger partial charge in [0.15, 0.2) is 17.5 Å². The lowest BCUT2D eigenvalue weighted by molar-refractivity contribution is 1.08. The topological polar surface area (TPSA) is 38.7 Å². The highest BCUT2D eigenvalue weighted by Crippen LogP contribution is 2.36. The van der Waals surface area contributed by atoms with E-state index in [1.165, 1.54) is 104 Å². The first kappa shape index (κ1) is 37.8. The SMILES string of the molecule is Bc1c(B)c(B)c(-c2ccc(-c3cccc(-c4nc(-c5ccccc5)nc(-c5c(B)c(B)c6c(B)c(B)c(B)c(B)c6c5B)n4)c3)c3ccccc23)c(B)c1B. The van der Waals surface area contributed by atoms with E-state index in [9.17, 15) is 0 Å². The van der Waals surface area contributed by atoms with Crippen LogP contribution < -0.4 is 65.6 Å². The van der Waals surface area contributed by atoms with Gasteiger partial charge in [0.1, 0.15) is 94.2 Å². The molecular weight excluding hydrogens is 664 g/mol. The number of hydrogen-bond acceptors (Lipinski definition) is 3. The van der Waals surface area contributed by atoms with E-state index in [4.69, 9.17) is 15.0 Å². The summed E-state index contributed by atoms with van der Waals surface area (Å²) in [6.07, 6.45) is 0. The van der Waals surface area contributed by atoms with E-state index in [2.05, 4.69) is 167 Å². The van der Waals surface area contributed by atoms with Crippen molar-refractivity contribution in [2.24, 2.45) is 0 Å². The molecule has 0 unspecified atom stereocenters. The van der Waals surface area contributed by atoms with E-state index in [1.54, 1.807) is 0 Å². The van der Waals surface area contributed by atoms with Gasteiger partial charge in [0.2, 0.25) is 0 Å². The minimum absolute atomic E-state index is 0.665. The van der Waals surface area contributed by atoms with E-state index in [-0.39, 0.29) is 0 Å². The van der Waals surface area contributed by atoms with E-state index in [0.717, 1.165) is 22.3 Å². The molecule has 0 fully saturated rings. The second-order valence-corrected chi connectivity index (χ2v) is 16.0. The molecule has 0 saturated heterocycles. The monoisotopic (exact) mass is 705 g/mol. The predicted octanol–water partition coefficient (Wildman–Crippen LogP) is -10.4. The van der Waals surface area contributed by atoms with Crippen molar-refractivity contribution in [2.45, 2.75) is 0 Å². The Morgan fingerprint density at radius 1 is 0.286 bits per heavy atom. The van der Waals surface area contributed by atoms with Gasteiger partial charge in [-0.25, -0.2) is 15.0 Å². The van der Waals surface area contributed by atoms with E-state index < -0.39 is 0 Å². The van der Waals surface area contributed by atoms with Crippen LogP contribution in [-0.2, 0) is 0 Å². The zero-order valence-electron chi connectivity index (χ0n) is 35.0. The third kappa shape index (κ3) is 5.97. The molecule has 0 bridgehead atoms. The summed E-state index contributed by atoms with van der Waals surface area (Å²) in [5.74, 6) is 2.04. The highest BCUT2D eigenvalue weighted by atomic mass is 15.0. The number of rotatable bonds is 5. The van der Waals surface area contributed by atoms with Crippen molar-refractivity contribution >= 4 is 181 Å².